The number of hydrogen-bond acceptors (Lipinski definition) is 3. The lowest BCUT2D eigenvalue weighted by atomic mass is 9.84. The van der Waals surface area contributed by atoms with Crippen molar-refractivity contribution in [2.24, 2.45) is 5.92 Å². The quantitative estimate of drug-likeness (QED) is 0.812. The van der Waals surface area contributed by atoms with Crippen LogP contribution in [0.2, 0.25) is 0 Å². The number of ether oxygens (including phenoxy) is 1. The molecule has 0 radical (unpaired) electrons. The van der Waals surface area contributed by atoms with Gasteiger partial charge in [0.1, 0.15) is 0 Å². The van der Waals surface area contributed by atoms with E-state index in [1.807, 2.05) is 7.11 Å². The lowest BCUT2D eigenvalue weighted by Gasteiger charge is -2.38. The van der Waals surface area contributed by atoms with E-state index >= 15 is 0 Å². The predicted molar refractivity (Wildman–Crippen MR) is 71.3 cm³/mol. The summed E-state index contributed by atoms with van der Waals surface area (Å²) in [5.74, 6) is 0.868. The molecule has 1 saturated carbocycles. The lowest BCUT2D eigenvalue weighted by molar-refractivity contribution is 0.0324. The summed E-state index contributed by atoms with van der Waals surface area (Å²) in [7, 11) is 3.97. The molecule has 2 aliphatic rings. The minimum atomic E-state index is 0.512. The Morgan fingerprint density at radius 3 is 2.47 bits per heavy atom. The molecule has 1 aliphatic heterocycles. The number of likely N-dealkylation sites (tertiary alicyclic amines) is 1. The molecule has 0 amide bonds. The standard InChI is InChI=1S/C14H28N2O/c1-15-14-6-4-3-5-12(14)11-16-9-7-13(17-2)8-10-16/h12-15H,3-11H2,1-2H3. The zero-order valence-corrected chi connectivity index (χ0v) is 11.5. The molecular weight excluding hydrogens is 212 g/mol. The van der Waals surface area contributed by atoms with E-state index in [9.17, 15) is 0 Å². The highest BCUT2D eigenvalue weighted by atomic mass is 16.5. The molecule has 1 saturated heterocycles. The van der Waals surface area contributed by atoms with E-state index < -0.39 is 0 Å². The van der Waals surface area contributed by atoms with Gasteiger partial charge in [0.25, 0.3) is 0 Å². The first-order chi connectivity index (χ1) is 8.33. The zero-order chi connectivity index (χ0) is 12.1. The van der Waals surface area contributed by atoms with Gasteiger partial charge in [0, 0.05) is 32.8 Å². The van der Waals surface area contributed by atoms with Crippen LogP contribution in [-0.2, 0) is 4.74 Å². The smallest absolute Gasteiger partial charge is 0.0595 e. The third-order valence-electron chi connectivity index (χ3n) is 4.64. The van der Waals surface area contributed by atoms with E-state index in [4.69, 9.17) is 4.74 Å². The molecule has 0 aromatic rings. The fourth-order valence-corrected chi connectivity index (χ4v) is 3.47. The summed E-state index contributed by atoms with van der Waals surface area (Å²) in [5.41, 5.74) is 0. The Balaban J connectivity index is 1.76. The summed E-state index contributed by atoms with van der Waals surface area (Å²) in [4.78, 5) is 2.65. The van der Waals surface area contributed by atoms with Crippen LogP contribution in [0.5, 0.6) is 0 Å². The summed E-state index contributed by atoms with van der Waals surface area (Å²) in [6.45, 7) is 3.75. The van der Waals surface area contributed by atoms with Crippen molar-refractivity contribution in [3.63, 3.8) is 0 Å². The largest absolute Gasteiger partial charge is 0.381 e. The van der Waals surface area contributed by atoms with E-state index in [1.165, 1.54) is 58.2 Å². The highest BCUT2D eigenvalue weighted by Gasteiger charge is 2.27. The van der Waals surface area contributed by atoms with Gasteiger partial charge in [-0.25, -0.2) is 0 Å². The highest BCUT2D eigenvalue weighted by molar-refractivity contribution is 4.83. The van der Waals surface area contributed by atoms with Crippen LogP contribution in [0.4, 0.5) is 0 Å². The molecular formula is C14H28N2O. The molecule has 17 heavy (non-hydrogen) atoms. The average Bonchev–Trinajstić information content (AvgIpc) is 2.40. The summed E-state index contributed by atoms with van der Waals surface area (Å²) >= 11 is 0. The van der Waals surface area contributed by atoms with E-state index in [0.717, 1.165) is 12.0 Å². The predicted octanol–water partition coefficient (Wildman–Crippen LogP) is 1.88. The number of methoxy groups -OCH3 is 1. The Hall–Kier alpha value is -0.120. The second kappa shape index (κ2) is 6.72. The first-order valence-electron chi connectivity index (χ1n) is 7.26. The molecule has 2 unspecified atom stereocenters. The summed E-state index contributed by atoms with van der Waals surface area (Å²) in [5, 5.41) is 3.51. The minimum absolute atomic E-state index is 0.512. The van der Waals surface area contributed by atoms with Crippen LogP contribution < -0.4 is 5.32 Å². The van der Waals surface area contributed by atoms with Gasteiger partial charge in [-0.2, -0.15) is 0 Å². The minimum Gasteiger partial charge on any atom is -0.381 e. The van der Waals surface area contributed by atoms with Gasteiger partial charge in [-0.1, -0.05) is 12.8 Å². The van der Waals surface area contributed by atoms with Crippen LogP contribution in [0.25, 0.3) is 0 Å². The van der Waals surface area contributed by atoms with Gasteiger partial charge in [-0.05, 0) is 38.6 Å². The Labute approximate surface area is 106 Å². The van der Waals surface area contributed by atoms with Crippen molar-refractivity contribution in [2.75, 3.05) is 33.8 Å². The van der Waals surface area contributed by atoms with Crippen LogP contribution in [0, 0.1) is 5.92 Å². The first kappa shape index (κ1) is 13.3. The molecule has 1 aliphatic carbocycles. The van der Waals surface area contributed by atoms with Crippen molar-refractivity contribution >= 4 is 0 Å². The van der Waals surface area contributed by atoms with Crippen molar-refractivity contribution in [3.8, 4) is 0 Å². The molecule has 2 atom stereocenters. The maximum absolute atomic E-state index is 5.43. The van der Waals surface area contributed by atoms with E-state index in [0.29, 0.717) is 6.10 Å². The van der Waals surface area contributed by atoms with Gasteiger partial charge in [0.2, 0.25) is 0 Å². The fourth-order valence-electron chi connectivity index (χ4n) is 3.47. The molecule has 0 spiro atoms. The molecule has 1 heterocycles. The molecule has 100 valence electrons. The average molecular weight is 240 g/mol. The van der Waals surface area contributed by atoms with Gasteiger partial charge in [0.15, 0.2) is 0 Å². The molecule has 3 heteroatoms. The van der Waals surface area contributed by atoms with Crippen LogP contribution in [-0.4, -0.2) is 50.8 Å². The van der Waals surface area contributed by atoms with Gasteiger partial charge < -0.3 is 15.0 Å². The monoisotopic (exact) mass is 240 g/mol. The Morgan fingerprint density at radius 1 is 1.12 bits per heavy atom. The SMILES string of the molecule is CNC1CCCCC1CN1CCC(OC)CC1. The molecule has 2 rings (SSSR count). The summed E-state index contributed by atoms with van der Waals surface area (Å²) in [6, 6.07) is 0.754. The van der Waals surface area contributed by atoms with Crippen molar-refractivity contribution < 1.29 is 4.74 Å². The fraction of sp³-hybridized carbons (Fsp3) is 1.00. The van der Waals surface area contributed by atoms with E-state index in [1.54, 1.807) is 0 Å². The summed E-state index contributed by atoms with van der Waals surface area (Å²) < 4.78 is 5.43. The maximum atomic E-state index is 5.43. The van der Waals surface area contributed by atoms with Crippen molar-refractivity contribution in [1.29, 1.82) is 0 Å². The highest BCUT2D eigenvalue weighted by Crippen LogP contribution is 2.26. The second-order valence-corrected chi connectivity index (χ2v) is 5.68. The summed E-state index contributed by atoms with van der Waals surface area (Å²) in [6.07, 6.45) is 8.56. The third kappa shape index (κ3) is 3.67. The molecule has 3 nitrogen and oxygen atoms in total. The van der Waals surface area contributed by atoms with Crippen molar-refractivity contribution in [3.05, 3.63) is 0 Å². The Bertz CT molecular complexity index is 214. The molecule has 2 fully saturated rings. The molecule has 0 aromatic carbocycles. The van der Waals surface area contributed by atoms with Gasteiger partial charge >= 0.3 is 0 Å². The lowest BCUT2D eigenvalue weighted by Crippen LogP contribution is -2.45. The molecule has 0 bridgehead atoms. The number of hydrogen-bond donors (Lipinski definition) is 1. The van der Waals surface area contributed by atoms with Crippen molar-refractivity contribution in [2.45, 2.75) is 50.7 Å². The van der Waals surface area contributed by atoms with E-state index in [-0.39, 0.29) is 0 Å². The third-order valence-corrected chi connectivity index (χ3v) is 4.64. The number of nitrogens with zero attached hydrogens (tertiary/aromatic N) is 1. The molecule has 1 N–H and O–H groups in total. The first-order valence-corrected chi connectivity index (χ1v) is 7.26. The number of rotatable bonds is 4. The Morgan fingerprint density at radius 2 is 1.82 bits per heavy atom. The van der Waals surface area contributed by atoms with Crippen LogP contribution in [0.3, 0.4) is 0 Å². The van der Waals surface area contributed by atoms with E-state index in [2.05, 4.69) is 17.3 Å². The number of piperidine rings is 1. The topological polar surface area (TPSA) is 24.5 Å². The van der Waals surface area contributed by atoms with Crippen molar-refractivity contribution in [1.82, 2.24) is 10.2 Å². The molecule has 0 aromatic heterocycles. The number of nitrogens with one attached hydrogen (secondary N) is 1. The Kier molecular flexibility index (Phi) is 5.26. The van der Waals surface area contributed by atoms with Crippen LogP contribution in [0.1, 0.15) is 38.5 Å². The van der Waals surface area contributed by atoms with Gasteiger partial charge in [-0.15, -0.1) is 0 Å². The normalized spacial score (nSPS) is 32.8. The van der Waals surface area contributed by atoms with Gasteiger partial charge in [0.05, 0.1) is 6.10 Å². The van der Waals surface area contributed by atoms with Crippen LogP contribution >= 0.6 is 0 Å². The zero-order valence-electron chi connectivity index (χ0n) is 11.5. The van der Waals surface area contributed by atoms with Crippen LogP contribution in [0.15, 0.2) is 0 Å². The second-order valence-electron chi connectivity index (χ2n) is 5.68. The van der Waals surface area contributed by atoms with Gasteiger partial charge in [-0.3, -0.25) is 0 Å². The maximum Gasteiger partial charge on any atom is 0.0595 e.